The monoisotopic (exact) mass is 491 g/mol. The molecule has 4 rings (SSSR count). The van der Waals surface area contributed by atoms with Crippen molar-refractivity contribution >= 4 is 41.2 Å². The number of barbiturate groups is 1. The Morgan fingerprint density at radius 1 is 1.06 bits per heavy atom. The van der Waals surface area contributed by atoms with Crippen LogP contribution in [0.1, 0.15) is 36.6 Å². The third kappa shape index (κ3) is 5.30. The molecule has 1 saturated heterocycles. The van der Waals surface area contributed by atoms with E-state index in [0.717, 1.165) is 16.2 Å². The number of hydrogen-bond acceptors (Lipinski definition) is 4. The number of benzene rings is 2. The van der Waals surface area contributed by atoms with Crippen molar-refractivity contribution in [3.8, 4) is 5.75 Å². The Hall–Kier alpha value is -3.84. The average molecular weight is 492 g/mol. The molecule has 0 radical (unpaired) electrons. The van der Waals surface area contributed by atoms with E-state index in [-0.39, 0.29) is 11.3 Å². The fourth-order valence-corrected chi connectivity index (χ4v) is 3.91. The van der Waals surface area contributed by atoms with Crippen LogP contribution in [0.4, 0.5) is 10.5 Å². The summed E-state index contributed by atoms with van der Waals surface area (Å²) in [7, 11) is 0. The molecule has 0 atom stereocenters. The van der Waals surface area contributed by atoms with Gasteiger partial charge >= 0.3 is 6.03 Å². The van der Waals surface area contributed by atoms with Gasteiger partial charge in [-0.2, -0.15) is 0 Å². The lowest BCUT2D eigenvalue weighted by Gasteiger charge is -2.26. The highest BCUT2D eigenvalue weighted by Crippen LogP contribution is 2.27. The van der Waals surface area contributed by atoms with Gasteiger partial charge in [0.15, 0.2) is 0 Å². The normalized spacial score (nSPS) is 15.2. The number of carbonyl (C=O) groups is 3. The summed E-state index contributed by atoms with van der Waals surface area (Å²) in [5, 5.41) is 2.65. The van der Waals surface area contributed by atoms with Gasteiger partial charge in [-0.25, -0.2) is 9.69 Å². The smallest absolute Gasteiger partial charge is 0.335 e. The molecular formula is C27H26ClN3O4. The Labute approximate surface area is 208 Å². The van der Waals surface area contributed by atoms with Gasteiger partial charge < -0.3 is 9.30 Å². The molecule has 1 aromatic heterocycles. The highest BCUT2D eigenvalue weighted by Gasteiger charge is 2.37. The van der Waals surface area contributed by atoms with Crippen LogP contribution >= 0.6 is 11.6 Å². The van der Waals surface area contributed by atoms with E-state index in [1.54, 1.807) is 18.2 Å². The molecule has 0 unspecified atom stereocenters. The fraction of sp³-hybridized carbons (Fsp3) is 0.222. The van der Waals surface area contributed by atoms with Gasteiger partial charge in [0.2, 0.25) is 0 Å². The van der Waals surface area contributed by atoms with Gasteiger partial charge in [-0.3, -0.25) is 14.9 Å². The first kappa shape index (κ1) is 24.3. The summed E-state index contributed by atoms with van der Waals surface area (Å²) in [4.78, 5) is 39.0. The number of aryl methyl sites for hydroxylation is 1. The molecule has 0 bridgehead atoms. The van der Waals surface area contributed by atoms with E-state index in [2.05, 4.69) is 19.2 Å². The number of urea groups is 1. The van der Waals surface area contributed by atoms with E-state index in [4.69, 9.17) is 16.3 Å². The Morgan fingerprint density at radius 2 is 1.80 bits per heavy atom. The molecule has 4 amide bonds. The summed E-state index contributed by atoms with van der Waals surface area (Å²) in [6.45, 7) is 7.00. The van der Waals surface area contributed by atoms with Crippen molar-refractivity contribution in [2.24, 2.45) is 0 Å². The van der Waals surface area contributed by atoms with E-state index >= 15 is 0 Å². The number of anilines is 1. The second-order valence-electron chi connectivity index (χ2n) is 8.59. The van der Waals surface area contributed by atoms with Gasteiger partial charge in [0.1, 0.15) is 17.9 Å². The number of ether oxygens (including phenoxy) is 1. The molecule has 1 aliphatic heterocycles. The number of hydrogen-bond donors (Lipinski definition) is 1. The molecule has 3 aromatic rings. The Kier molecular flexibility index (Phi) is 7.07. The maximum Gasteiger partial charge on any atom is 0.335 e. The zero-order chi connectivity index (χ0) is 25.1. The quantitative estimate of drug-likeness (QED) is 0.358. The van der Waals surface area contributed by atoms with Crippen LogP contribution in [-0.4, -0.2) is 29.0 Å². The minimum Gasteiger partial charge on any atom is -0.492 e. The van der Waals surface area contributed by atoms with Gasteiger partial charge in [-0.1, -0.05) is 43.6 Å². The van der Waals surface area contributed by atoms with Crippen LogP contribution in [0.15, 0.2) is 66.4 Å². The molecule has 1 aliphatic rings. The van der Waals surface area contributed by atoms with Crippen molar-refractivity contribution in [1.29, 1.82) is 0 Å². The number of carbonyl (C=O) groups excluding carboxylic acids is 3. The summed E-state index contributed by atoms with van der Waals surface area (Å²) in [5.74, 6) is -0.237. The molecule has 35 heavy (non-hydrogen) atoms. The van der Waals surface area contributed by atoms with Crippen LogP contribution < -0.4 is 15.0 Å². The molecule has 7 nitrogen and oxygen atoms in total. The molecule has 2 heterocycles. The highest BCUT2D eigenvalue weighted by atomic mass is 35.5. The van der Waals surface area contributed by atoms with Gasteiger partial charge in [-0.15, -0.1) is 0 Å². The molecule has 2 aromatic carbocycles. The topological polar surface area (TPSA) is 80.6 Å². The number of imide groups is 2. The molecule has 1 fully saturated rings. The predicted molar refractivity (Wildman–Crippen MR) is 136 cm³/mol. The largest absolute Gasteiger partial charge is 0.492 e. The molecule has 0 spiro atoms. The molecule has 0 saturated carbocycles. The van der Waals surface area contributed by atoms with Gasteiger partial charge in [0.05, 0.1) is 12.2 Å². The second-order valence-corrected chi connectivity index (χ2v) is 9.00. The zero-order valence-corrected chi connectivity index (χ0v) is 20.5. The first-order valence-electron chi connectivity index (χ1n) is 11.3. The van der Waals surface area contributed by atoms with Crippen molar-refractivity contribution in [3.63, 3.8) is 0 Å². The summed E-state index contributed by atoms with van der Waals surface area (Å²) in [5.41, 5.74) is 2.83. The van der Waals surface area contributed by atoms with E-state index in [9.17, 15) is 14.4 Å². The molecule has 1 N–H and O–H groups in total. The van der Waals surface area contributed by atoms with Crippen LogP contribution in [0.3, 0.4) is 0 Å². The number of rotatable bonds is 7. The number of nitrogens with zero attached hydrogens (tertiary/aromatic N) is 2. The average Bonchev–Trinajstić information content (AvgIpc) is 3.26. The van der Waals surface area contributed by atoms with Crippen molar-refractivity contribution in [1.82, 2.24) is 9.88 Å². The van der Waals surface area contributed by atoms with Crippen LogP contribution in [0.25, 0.3) is 6.08 Å². The first-order chi connectivity index (χ1) is 16.7. The van der Waals surface area contributed by atoms with Crippen LogP contribution in [0.5, 0.6) is 5.75 Å². The van der Waals surface area contributed by atoms with Crippen molar-refractivity contribution < 1.29 is 19.1 Å². The zero-order valence-electron chi connectivity index (χ0n) is 19.7. The minimum absolute atomic E-state index is 0.147. The maximum atomic E-state index is 13.2. The maximum absolute atomic E-state index is 13.2. The standard InChI is InChI=1S/C27H26ClN3O4/c1-17(2)19-7-10-22(11-8-19)35-14-13-30-12-4-5-20(30)15-23-25(32)29-27(34)31(26(23)33)21-9-6-18(3)24(28)16-21/h4-12,15-17H,13-14H2,1-3H3,(H,29,32,34)/b23-15+. The lowest BCUT2D eigenvalue weighted by Crippen LogP contribution is -2.54. The number of nitrogens with one attached hydrogen (secondary N) is 1. The minimum atomic E-state index is -0.815. The number of aromatic nitrogens is 1. The molecule has 180 valence electrons. The Balaban J connectivity index is 1.50. The Morgan fingerprint density at radius 3 is 2.49 bits per heavy atom. The van der Waals surface area contributed by atoms with Crippen molar-refractivity contribution in [3.05, 3.63) is 88.2 Å². The summed E-state index contributed by atoms with van der Waals surface area (Å²) < 4.78 is 7.73. The van der Waals surface area contributed by atoms with E-state index in [0.29, 0.717) is 29.8 Å². The predicted octanol–water partition coefficient (Wildman–Crippen LogP) is 5.32. The van der Waals surface area contributed by atoms with Crippen LogP contribution in [0, 0.1) is 6.92 Å². The second kappa shape index (κ2) is 10.2. The third-order valence-corrected chi connectivity index (χ3v) is 6.23. The first-order valence-corrected chi connectivity index (χ1v) is 11.7. The van der Waals surface area contributed by atoms with E-state index < -0.39 is 17.8 Å². The van der Waals surface area contributed by atoms with Crippen LogP contribution in [-0.2, 0) is 16.1 Å². The molecule has 8 heteroatoms. The lowest BCUT2D eigenvalue weighted by molar-refractivity contribution is -0.122. The summed E-state index contributed by atoms with van der Waals surface area (Å²) in [6, 6.07) is 15.6. The van der Waals surface area contributed by atoms with Gasteiger partial charge in [0.25, 0.3) is 11.8 Å². The molecular weight excluding hydrogens is 466 g/mol. The van der Waals surface area contributed by atoms with Gasteiger partial charge in [0, 0.05) is 16.9 Å². The van der Waals surface area contributed by atoms with Crippen molar-refractivity contribution in [2.45, 2.75) is 33.2 Å². The fourth-order valence-electron chi connectivity index (χ4n) is 3.73. The Bertz CT molecular complexity index is 1310. The number of halogens is 1. The van der Waals surface area contributed by atoms with Crippen LogP contribution in [0.2, 0.25) is 5.02 Å². The molecule has 0 aliphatic carbocycles. The third-order valence-electron chi connectivity index (χ3n) is 5.82. The lowest BCUT2D eigenvalue weighted by atomic mass is 10.0. The summed E-state index contributed by atoms with van der Waals surface area (Å²) >= 11 is 6.18. The van der Waals surface area contributed by atoms with E-state index in [1.165, 1.54) is 17.7 Å². The van der Waals surface area contributed by atoms with Crippen molar-refractivity contribution in [2.75, 3.05) is 11.5 Å². The van der Waals surface area contributed by atoms with E-state index in [1.807, 2.05) is 48.0 Å². The summed E-state index contributed by atoms with van der Waals surface area (Å²) in [6.07, 6.45) is 3.32. The SMILES string of the molecule is Cc1ccc(N2C(=O)NC(=O)/C(=C\c3cccn3CCOc3ccc(C(C)C)cc3)C2=O)cc1Cl. The highest BCUT2D eigenvalue weighted by molar-refractivity contribution is 6.39. The van der Waals surface area contributed by atoms with Gasteiger partial charge in [-0.05, 0) is 66.4 Å². The number of amides is 4.